The maximum atomic E-state index is 12.8. The van der Waals surface area contributed by atoms with Crippen molar-refractivity contribution in [1.82, 2.24) is 4.90 Å². The first-order chi connectivity index (χ1) is 12.2. The van der Waals surface area contributed by atoms with Gasteiger partial charge in [-0.25, -0.2) is 0 Å². The van der Waals surface area contributed by atoms with Crippen molar-refractivity contribution in [3.63, 3.8) is 0 Å². The van der Waals surface area contributed by atoms with E-state index >= 15 is 0 Å². The molecular weight excluding hydrogens is 314 g/mol. The number of piperidine rings is 1. The first kappa shape index (κ1) is 17.6. The zero-order chi connectivity index (χ0) is 17.6. The highest BCUT2D eigenvalue weighted by Gasteiger charge is 2.26. The van der Waals surface area contributed by atoms with E-state index in [0.29, 0.717) is 0 Å². The van der Waals surface area contributed by atoms with Gasteiger partial charge in [-0.3, -0.25) is 9.69 Å². The molecule has 3 rings (SSSR count). The summed E-state index contributed by atoms with van der Waals surface area (Å²) >= 11 is 0. The van der Waals surface area contributed by atoms with Crippen LogP contribution < -0.4 is 4.74 Å². The van der Waals surface area contributed by atoms with E-state index in [0.717, 1.165) is 49.4 Å². The van der Waals surface area contributed by atoms with Crippen molar-refractivity contribution in [2.45, 2.75) is 26.0 Å². The zero-order valence-corrected chi connectivity index (χ0v) is 14.6. The SMILES string of the molecule is COc1ccc(CN2CCCC(C(=O)c3ccc(CO)cc3)C2)cc1. The molecule has 1 saturated heterocycles. The number of benzene rings is 2. The second kappa shape index (κ2) is 8.28. The molecule has 0 radical (unpaired) electrons. The summed E-state index contributed by atoms with van der Waals surface area (Å²) in [5.41, 5.74) is 2.82. The molecule has 1 heterocycles. The molecule has 25 heavy (non-hydrogen) atoms. The number of ketones is 1. The molecule has 2 aromatic carbocycles. The highest BCUT2D eigenvalue weighted by atomic mass is 16.5. The number of nitrogens with zero attached hydrogens (tertiary/aromatic N) is 1. The number of methoxy groups -OCH3 is 1. The number of aliphatic hydroxyl groups excluding tert-OH is 1. The molecule has 0 amide bonds. The van der Waals surface area contributed by atoms with E-state index < -0.39 is 0 Å². The minimum Gasteiger partial charge on any atom is -0.497 e. The van der Waals surface area contributed by atoms with Gasteiger partial charge in [0.15, 0.2) is 5.78 Å². The van der Waals surface area contributed by atoms with Crippen molar-refractivity contribution in [1.29, 1.82) is 0 Å². The van der Waals surface area contributed by atoms with Gasteiger partial charge in [0.1, 0.15) is 5.75 Å². The van der Waals surface area contributed by atoms with E-state index in [2.05, 4.69) is 17.0 Å². The van der Waals surface area contributed by atoms with Crippen molar-refractivity contribution < 1.29 is 14.6 Å². The van der Waals surface area contributed by atoms with Crippen LogP contribution in [0.5, 0.6) is 5.75 Å². The van der Waals surface area contributed by atoms with Crippen molar-refractivity contribution >= 4 is 5.78 Å². The third-order valence-corrected chi connectivity index (χ3v) is 4.86. The summed E-state index contributed by atoms with van der Waals surface area (Å²) in [6.45, 7) is 2.69. The van der Waals surface area contributed by atoms with E-state index in [4.69, 9.17) is 9.84 Å². The predicted molar refractivity (Wildman–Crippen MR) is 97.7 cm³/mol. The van der Waals surface area contributed by atoms with Crippen LogP contribution in [0, 0.1) is 5.92 Å². The summed E-state index contributed by atoms with van der Waals surface area (Å²) in [6.07, 6.45) is 1.99. The van der Waals surface area contributed by atoms with E-state index in [-0.39, 0.29) is 18.3 Å². The maximum Gasteiger partial charge on any atom is 0.167 e. The molecule has 4 nitrogen and oxygen atoms in total. The number of hydrogen-bond acceptors (Lipinski definition) is 4. The molecule has 0 spiro atoms. The molecule has 0 bridgehead atoms. The van der Waals surface area contributed by atoms with E-state index in [1.165, 1.54) is 5.56 Å². The lowest BCUT2D eigenvalue weighted by molar-refractivity contribution is 0.0811. The lowest BCUT2D eigenvalue weighted by Crippen LogP contribution is -2.38. The Morgan fingerprint density at radius 2 is 1.80 bits per heavy atom. The van der Waals surface area contributed by atoms with Crippen LogP contribution in [0.2, 0.25) is 0 Å². The Bertz CT molecular complexity index is 694. The van der Waals surface area contributed by atoms with Crippen LogP contribution in [0.1, 0.15) is 34.3 Å². The number of hydrogen-bond donors (Lipinski definition) is 1. The van der Waals surface area contributed by atoms with Gasteiger partial charge >= 0.3 is 0 Å². The molecule has 4 heteroatoms. The van der Waals surface area contributed by atoms with Crippen LogP contribution in [-0.4, -0.2) is 36.0 Å². The van der Waals surface area contributed by atoms with Gasteiger partial charge in [0.25, 0.3) is 0 Å². The Labute approximate surface area is 149 Å². The van der Waals surface area contributed by atoms with Gasteiger partial charge in [-0.05, 0) is 42.6 Å². The van der Waals surface area contributed by atoms with Gasteiger partial charge in [-0.1, -0.05) is 36.4 Å². The maximum absolute atomic E-state index is 12.8. The lowest BCUT2D eigenvalue weighted by atomic mass is 9.89. The average molecular weight is 339 g/mol. The second-order valence-corrected chi connectivity index (χ2v) is 6.64. The normalized spacial score (nSPS) is 18.1. The predicted octanol–water partition coefficient (Wildman–Crippen LogP) is 3.28. The van der Waals surface area contributed by atoms with Gasteiger partial charge in [0, 0.05) is 24.6 Å². The molecule has 1 aliphatic heterocycles. The summed E-state index contributed by atoms with van der Waals surface area (Å²) in [7, 11) is 1.67. The fourth-order valence-electron chi connectivity index (χ4n) is 3.41. The Kier molecular flexibility index (Phi) is 5.84. The topological polar surface area (TPSA) is 49.8 Å². The van der Waals surface area contributed by atoms with Gasteiger partial charge in [0.2, 0.25) is 0 Å². The van der Waals surface area contributed by atoms with Crippen LogP contribution >= 0.6 is 0 Å². The third kappa shape index (κ3) is 4.47. The summed E-state index contributed by atoms with van der Waals surface area (Å²) in [4.78, 5) is 15.1. The minimum absolute atomic E-state index is 0.00748. The Morgan fingerprint density at radius 1 is 1.12 bits per heavy atom. The number of aliphatic hydroxyl groups is 1. The molecule has 1 N–H and O–H groups in total. The zero-order valence-electron chi connectivity index (χ0n) is 14.6. The quantitative estimate of drug-likeness (QED) is 0.821. The molecule has 1 fully saturated rings. The molecular formula is C21H25NO3. The summed E-state index contributed by atoms with van der Waals surface area (Å²) in [6, 6.07) is 15.4. The number of likely N-dealkylation sites (tertiary alicyclic amines) is 1. The molecule has 1 unspecified atom stereocenters. The highest BCUT2D eigenvalue weighted by molar-refractivity contribution is 5.98. The first-order valence-corrected chi connectivity index (χ1v) is 8.79. The molecule has 2 aromatic rings. The average Bonchev–Trinajstić information content (AvgIpc) is 2.68. The summed E-state index contributed by atoms with van der Waals surface area (Å²) in [5, 5.41) is 9.12. The van der Waals surface area contributed by atoms with Gasteiger partial charge in [-0.2, -0.15) is 0 Å². The van der Waals surface area contributed by atoms with Crippen molar-refractivity contribution in [2.75, 3.05) is 20.2 Å². The van der Waals surface area contributed by atoms with E-state index in [1.807, 2.05) is 36.4 Å². The number of carbonyl (C=O) groups is 1. The van der Waals surface area contributed by atoms with E-state index in [1.54, 1.807) is 7.11 Å². The smallest absolute Gasteiger partial charge is 0.167 e. The first-order valence-electron chi connectivity index (χ1n) is 8.79. The van der Waals surface area contributed by atoms with Crippen molar-refractivity contribution in [3.8, 4) is 5.75 Å². The Hall–Kier alpha value is -2.17. The second-order valence-electron chi connectivity index (χ2n) is 6.64. The van der Waals surface area contributed by atoms with Crippen molar-refractivity contribution in [2.24, 2.45) is 5.92 Å². The van der Waals surface area contributed by atoms with Crippen LogP contribution in [0.4, 0.5) is 0 Å². The summed E-state index contributed by atoms with van der Waals surface area (Å²) in [5.74, 6) is 1.12. The van der Waals surface area contributed by atoms with Crippen LogP contribution in [0.25, 0.3) is 0 Å². The Balaban J connectivity index is 1.62. The Morgan fingerprint density at radius 3 is 2.44 bits per heavy atom. The minimum atomic E-state index is 0.00748. The number of carbonyl (C=O) groups excluding carboxylic acids is 1. The third-order valence-electron chi connectivity index (χ3n) is 4.86. The highest BCUT2D eigenvalue weighted by Crippen LogP contribution is 2.23. The van der Waals surface area contributed by atoms with Gasteiger partial charge < -0.3 is 9.84 Å². The van der Waals surface area contributed by atoms with Gasteiger partial charge in [-0.15, -0.1) is 0 Å². The largest absolute Gasteiger partial charge is 0.497 e. The van der Waals surface area contributed by atoms with Crippen molar-refractivity contribution in [3.05, 3.63) is 65.2 Å². The molecule has 0 saturated carbocycles. The monoisotopic (exact) mass is 339 g/mol. The summed E-state index contributed by atoms with van der Waals surface area (Å²) < 4.78 is 5.20. The molecule has 132 valence electrons. The molecule has 0 aromatic heterocycles. The molecule has 1 atom stereocenters. The fraction of sp³-hybridized carbons (Fsp3) is 0.381. The van der Waals surface area contributed by atoms with Crippen LogP contribution in [-0.2, 0) is 13.2 Å². The standard InChI is InChI=1S/C21H25NO3/c1-25-20-10-6-16(7-11-20)13-22-12-2-3-19(14-22)21(24)18-8-4-17(15-23)5-9-18/h4-11,19,23H,2-3,12-15H2,1H3. The molecule has 0 aliphatic carbocycles. The van der Waals surface area contributed by atoms with E-state index in [9.17, 15) is 4.79 Å². The molecule has 1 aliphatic rings. The number of ether oxygens (including phenoxy) is 1. The lowest BCUT2D eigenvalue weighted by Gasteiger charge is -2.32. The van der Waals surface area contributed by atoms with Crippen LogP contribution in [0.15, 0.2) is 48.5 Å². The van der Waals surface area contributed by atoms with Crippen LogP contribution in [0.3, 0.4) is 0 Å². The van der Waals surface area contributed by atoms with Gasteiger partial charge in [0.05, 0.1) is 13.7 Å². The number of Topliss-reactive ketones (excluding diaryl/α,β-unsaturated/α-hetero) is 1. The number of rotatable bonds is 6. The fourth-order valence-corrected chi connectivity index (χ4v) is 3.41.